The number of amides is 1. The van der Waals surface area contributed by atoms with E-state index in [4.69, 9.17) is 9.72 Å². The van der Waals surface area contributed by atoms with Gasteiger partial charge in [-0.3, -0.25) is 4.79 Å². The van der Waals surface area contributed by atoms with Crippen LogP contribution >= 0.6 is 0 Å². The molecule has 1 saturated carbocycles. The molecule has 10 heteroatoms. The molecular formula is C30H30F2N6O2. The average molecular weight is 545 g/mol. The average Bonchev–Trinajstić information content (AvgIpc) is 3.78. The van der Waals surface area contributed by atoms with Crippen LogP contribution in [0.15, 0.2) is 60.9 Å². The standard InChI is InChI=1S/C30H30F2N6O2/c1-17-9-10-19-20(6-2-8-24(19)37-28(39)23-15-22(23)27(31)32)26(17)40-29-21(7-4-13-34-29)25-11-14-35-30(38-25)36-18-5-3-12-33-16-18/h2,4,6-11,13-14,18,22-23,27,33H,3,5,12,15-16H2,1H3,(H,37,39)(H,35,36,38)/t18-,22?,23+/m0/s1. The van der Waals surface area contributed by atoms with Crippen molar-refractivity contribution < 1.29 is 18.3 Å². The number of carbonyl (C=O) groups excluding carboxylic acids is 1. The Labute approximate surface area is 230 Å². The maximum absolute atomic E-state index is 13.0. The summed E-state index contributed by atoms with van der Waals surface area (Å²) in [6.45, 7) is 3.83. The monoisotopic (exact) mass is 544 g/mol. The van der Waals surface area contributed by atoms with E-state index in [2.05, 4.69) is 25.9 Å². The zero-order valence-electron chi connectivity index (χ0n) is 22.0. The highest BCUT2D eigenvalue weighted by Gasteiger charge is 2.48. The molecule has 2 aromatic heterocycles. The molecule has 2 aromatic carbocycles. The van der Waals surface area contributed by atoms with Crippen molar-refractivity contribution in [1.82, 2.24) is 20.3 Å². The van der Waals surface area contributed by atoms with E-state index >= 15 is 0 Å². The lowest BCUT2D eigenvalue weighted by molar-refractivity contribution is -0.118. The normalized spacial score (nSPS) is 20.4. The summed E-state index contributed by atoms with van der Waals surface area (Å²) in [7, 11) is 0. The van der Waals surface area contributed by atoms with E-state index < -0.39 is 18.3 Å². The number of nitrogens with one attached hydrogen (secondary N) is 3. The number of alkyl halides is 2. The Morgan fingerprint density at radius 2 is 1.98 bits per heavy atom. The molecule has 0 spiro atoms. The molecule has 3 N–H and O–H groups in total. The predicted molar refractivity (Wildman–Crippen MR) is 150 cm³/mol. The van der Waals surface area contributed by atoms with Crippen molar-refractivity contribution in [3.63, 3.8) is 0 Å². The number of rotatable bonds is 8. The van der Waals surface area contributed by atoms with Gasteiger partial charge in [0.05, 0.1) is 11.3 Å². The number of halogens is 2. The van der Waals surface area contributed by atoms with Gasteiger partial charge in [-0.25, -0.2) is 23.7 Å². The van der Waals surface area contributed by atoms with Crippen LogP contribution in [-0.4, -0.2) is 46.4 Å². The number of benzene rings is 2. The summed E-state index contributed by atoms with van der Waals surface area (Å²) in [6.07, 6.45) is 3.26. The summed E-state index contributed by atoms with van der Waals surface area (Å²) in [5.41, 5.74) is 2.81. The maximum Gasteiger partial charge on any atom is 0.242 e. The lowest BCUT2D eigenvalue weighted by Crippen LogP contribution is -2.38. The van der Waals surface area contributed by atoms with Gasteiger partial charge in [-0.1, -0.05) is 24.3 Å². The predicted octanol–water partition coefficient (Wildman–Crippen LogP) is 5.80. The molecule has 3 heterocycles. The molecular weight excluding hydrogens is 514 g/mol. The van der Waals surface area contributed by atoms with Gasteiger partial charge in [-0.15, -0.1) is 0 Å². The fourth-order valence-electron chi connectivity index (χ4n) is 5.20. The fourth-order valence-corrected chi connectivity index (χ4v) is 5.20. The van der Waals surface area contributed by atoms with Gasteiger partial charge in [0.1, 0.15) is 5.75 Å². The Bertz CT molecular complexity index is 1540. The van der Waals surface area contributed by atoms with Gasteiger partial charge in [0, 0.05) is 53.3 Å². The quantitative estimate of drug-likeness (QED) is 0.258. The van der Waals surface area contributed by atoms with Gasteiger partial charge in [-0.05, 0) is 62.6 Å². The number of ether oxygens (including phenoxy) is 1. The molecule has 1 amide bonds. The van der Waals surface area contributed by atoms with E-state index in [-0.39, 0.29) is 18.4 Å². The minimum Gasteiger partial charge on any atom is -0.437 e. The third-order valence-electron chi connectivity index (χ3n) is 7.50. The Hall–Kier alpha value is -4.18. The van der Waals surface area contributed by atoms with Gasteiger partial charge >= 0.3 is 0 Å². The summed E-state index contributed by atoms with van der Waals surface area (Å²) in [5.74, 6) is -0.387. The lowest BCUT2D eigenvalue weighted by atomic mass is 10.0. The number of fused-ring (bicyclic) bond motifs is 1. The molecule has 2 aliphatic rings. The number of nitrogens with zero attached hydrogens (tertiary/aromatic N) is 3. The first kappa shape index (κ1) is 26.1. The second-order valence-corrected chi connectivity index (χ2v) is 10.4. The topological polar surface area (TPSA) is 101 Å². The SMILES string of the molecule is Cc1ccc2c(NC(=O)[C@@H]3CC3C(F)F)cccc2c1Oc1ncccc1-c1ccnc(N[C@H]2CCCNC2)n1. The van der Waals surface area contributed by atoms with Gasteiger partial charge in [0.25, 0.3) is 0 Å². The van der Waals surface area contributed by atoms with Gasteiger partial charge in [-0.2, -0.15) is 0 Å². The van der Waals surface area contributed by atoms with Crippen LogP contribution in [0.25, 0.3) is 22.0 Å². The summed E-state index contributed by atoms with van der Waals surface area (Å²) < 4.78 is 32.4. The van der Waals surface area contributed by atoms with Crippen molar-refractivity contribution in [2.24, 2.45) is 11.8 Å². The molecule has 1 unspecified atom stereocenters. The number of piperidine rings is 1. The molecule has 1 saturated heterocycles. The van der Waals surface area contributed by atoms with E-state index in [9.17, 15) is 13.6 Å². The molecule has 40 heavy (non-hydrogen) atoms. The van der Waals surface area contributed by atoms with Crippen LogP contribution in [0.1, 0.15) is 24.8 Å². The van der Waals surface area contributed by atoms with E-state index in [0.29, 0.717) is 34.5 Å². The molecule has 206 valence electrons. The van der Waals surface area contributed by atoms with Crippen LogP contribution in [0.4, 0.5) is 20.4 Å². The smallest absolute Gasteiger partial charge is 0.242 e. The first-order chi connectivity index (χ1) is 19.5. The zero-order chi connectivity index (χ0) is 27.6. The molecule has 3 atom stereocenters. The highest BCUT2D eigenvalue weighted by molar-refractivity contribution is 6.05. The largest absolute Gasteiger partial charge is 0.437 e. The third-order valence-corrected chi connectivity index (χ3v) is 7.50. The van der Waals surface area contributed by atoms with Crippen LogP contribution in [0.3, 0.4) is 0 Å². The van der Waals surface area contributed by atoms with Crippen LogP contribution in [0.2, 0.25) is 0 Å². The second-order valence-electron chi connectivity index (χ2n) is 10.4. The summed E-state index contributed by atoms with van der Waals surface area (Å²) >= 11 is 0. The van der Waals surface area contributed by atoms with Crippen molar-refractivity contribution in [2.75, 3.05) is 23.7 Å². The van der Waals surface area contributed by atoms with Crippen molar-refractivity contribution in [3.8, 4) is 22.9 Å². The Kier molecular flexibility index (Phi) is 7.25. The second kappa shape index (κ2) is 11.1. The molecule has 1 aliphatic carbocycles. The number of pyridine rings is 1. The van der Waals surface area contributed by atoms with Gasteiger partial charge < -0.3 is 20.7 Å². The number of carbonyl (C=O) groups is 1. The highest BCUT2D eigenvalue weighted by atomic mass is 19.3. The first-order valence-electron chi connectivity index (χ1n) is 13.5. The molecule has 6 rings (SSSR count). The first-order valence-corrected chi connectivity index (χ1v) is 13.5. The van der Waals surface area contributed by atoms with E-state index in [0.717, 1.165) is 42.3 Å². The molecule has 2 fully saturated rings. The summed E-state index contributed by atoms with van der Waals surface area (Å²) in [6, 6.07) is 15.1. The molecule has 8 nitrogen and oxygen atoms in total. The summed E-state index contributed by atoms with van der Waals surface area (Å²) in [4.78, 5) is 26.3. The number of aryl methyl sites for hydroxylation is 1. The Morgan fingerprint density at radius 1 is 1.07 bits per heavy atom. The van der Waals surface area contributed by atoms with Crippen LogP contribution < -0.4 is 20.7 Å². The fraction of sp³-hybridized carbons (Fsp3) is 0.333. The highest BCUT2D eigenvalue weighted by Crippen LogP contribution is 2.44. The summed E-state index contributed by atoms with van der Waals surface area (Å²) in [5, 5.41) is 11.2. The minimum absolute atomic E-state index is 0.210. The van der Waals surface area contributed by atoms with Crippen molar-refractivity contribution in [3.05, 3.63) is 66.5 Å². The minimum atomic E-state index is -2.48. The number of aromatic nitrogens is 3. The number of hydrogen-bond donors (Lipinski definition) is 3. The Balaban J connectivity index is 1.29. The lowest BCUT2D eigenvalue weighted by Gasteiger charge is -2.23. The van der Waals surface area contributed by atoms with Crippen LogP contribution in [0.5, 0.6) is 11.6 Å². The van der Waals surface area contributed by atoms with Gasteiger partial charge in [0.2, 0.25) is 24.2 Å². The third kappa shape index (κ3) is 5.44. The van der Waals surface area contributed by atoms with Crippen molar-refractivity contribution in [2.45, 2.75) is 38.7 Å². The molecule has 4 aromatic rings. The van der Waals surface area contributed by atoms with E-state index in [1.165, 1.54) is 0 Å². The Morgan fingerprint density at radius 3 is 2.77 bits per heavy atom. The van der Waals surface area contributed by atoms with Gasteiger partial charge in [0.15, 0.2) is 0 Å². The number of hydrogen-bond acceptors (Lipinski definition) is 7. The zero-order valence-corrected chi connectivity index (χ0v) is 22.0. The number of anilines is 2. The van der Waals surface area contributed by atoms with Crippen molar-refractivity contribution >= 4 is 28.3 Å². The molecule has 0 bridgehead atoms. The van der Waals surface area contributed by atoms with Crippen LogP contribution in [0, 0.1) is 18.8 Å². The van der Waals surface area contributed by atoms with Crippen LogP contribution in [-0.2, 0) is 4.79 Å². The molecule has 0 radical (unpaired) electrons. The van der Waals surface area contributed by atoms with E-state index in [1.807, 2.05) is 49.4 Å². The van der Waals surface area contributed by atoms with Crippen molar-refractivity contribution in [1.29, 1.82) is 0 Å². The maximum atomic E-state index is 13.0. The molecule has 1 aliphatic heterocycles. The van der Waals surface area contributed by atoms with E-state index in [1.54, 1.807) is 18.5 Å².